The van der Waals surface area contributed by atoms with Crippen LogP contribution in [0.15, 0.2) is 58.6 Å². The van der Waals surface area contributed by atoms with Gasteiger partial charge in [-0.15, -0.1) is 0 Å². The number of aliphatic hydroxyl groups is 2. The van der Waals surface area contributed by atoms with E-state index in [-0.39, 0.29) is 190 Å². The van der Waals surface area contributed by atoms with Crippen LogP contribution in [0, 0.1) is 19.8 Å². The molecule has 612 valence electrons. The van der Waals surface area contributed by atoms with E-state index in [9.17, 15) is 87.0 Å². The van der Waals surface area contributed by atoms with Crippen molar-refractivity contribution in [1.29, 1.82) is 0 Å². The zero-order valence-electron chi connectivity index (χ0n) is 62.9. The first-order valence-electron chi connectivity index (χ1n) is 36.7. The third-order valence-electron chi connectivity index (χ3n) is 18.2. The van der Waals surface area contributed by atoms with Crippen LogP contribution in [0.25, 0.3) is 10.9 Å². The molecule has 0 bridgehead atoms. The lowest BCUT2D eigenvalue weighted by Gasteiger charge is -2.41. The molecule has 0 radical (unpaired) electrons. The van der Waals surface area contributed by atoms with Crippen LogP contribution in [0.4, 0.5) is 5.95 Å². The number of benzene rings is 2. The number of carbonyl (C=O) groups excluding carboxylic acids is 5. The van der Waals surface area contributed by atoms with E-state index in [1.807, 2.05) is 6.92 Å². The third kappa shape index (κ3) is 31.1. The molecule has 110 heavy (non-hydrogen) atoms. The molecule has 4 heterocycles. The maximum atomic E-state index is 13.9. The van der Waals surface area contributed by atoms with Crippen LogP contribution >= 0.6 is 0 Å². The number of ether oxygens (including phenoxy) is 6. The normalized spacial score (nSPS) is 18.4. The zero-order chi connectivity index (χ0) is 80.3. The zero-order valence-corrected chi connectivity index (χ0v) is 63.7. The van der Waals surface area contributed by atoms with Crippen LogP contribution < -0.4 is 46.8 Å². The number of aliphatic carboxylic acids is 4. The number of rotatable bonds is 47. The number of imidazole rings is 1. The summed E-state index contributed by atoms with van der Waals surface area (Å²) in [5.74, 6) is -7.31. The molecule has 0 spiro atoms. The number of aromatic amines is 1. The highest BCUT2D eigenvalue weighted by Crippen LogP contribution is 2.29. The van der Waals surface area contributed by atoms with Gasteiger partial charge >= 0.3 is 23.9 Å². The molecule has 7 unspecified atom stereocenters. The van der Waals surface area contributed by atoms with Gasteiger partial charge in [0, 0.05) is 148 Å². The maximum Gasteiger partial charge on any atom is 0.323 e. The van der Waals surface area contributed by atoms with Crippen molar-refractivity contribution in [3.05, 3.63) is 81.4 Å². The minimum Gasteiger partial charge on any atom is -0.494 e. The molecule has 2 aliphatic heterocycles. The average Bonchev–Trinajstić information content (AvgIpc) is 0.943. The number of fused-ring (bicyclic) bond motifs is 1. The fraction of sp³-hybridized carbons (Fsp3) is 0.620. The second-order valence-electron chi connectivity index (χ2n) is 26.8. The topological polar surface area (TPSA) is 512 Å². The first-order chi connectivity index (χ1) is 52.5. The van der Waals surface area contributed by atoms with Gasteiger partial charge in [-0.3, -0.25) is 67.5 Å². The number of hydrogen-bond donors (Lipinski definition) is 14. The number of aryl methyl sites for hydroxylation is 3. The van der Waals surface area contributed by atoms with Gasteiger partial charge in [0.2, 0.25) is 39.1 Å². The van der Waals surface area contributed by atoms with Gasteiger partial charge in [0.15, 0.2) is 12.2 Å². The highest BCUT2D eigenvalue weighted by atomic mass is 32.2. The number of anilines is 1. The van der Waals surface area contributed by atoms with Crippen LogP contribution in [0.1, 0.15) is 85.8 Å². The number of H-pyrrole nitrogens is 1. The second-order valence-corrected chi connectivity index (χ2v) is 28.5. The molecule has 2 aromatic carbocycles. The van der Waals surface area contributed by atoms with Crippen molar-refractivity contribution >= 4 is 80.3 Å². The summed E-state index contributed by atoms with van der Waals surface area (Å²) in [5, 5.41) is 76.7. The Hall–Kier alpha value is -8.84. The minimum atomic E-state index is -4.49. The van der Waals surface area contributed by atoms with Crippen LogP contribution in [0.3, 0.4) is 0 Å². The Kier molecular flexibility index (Phi) is 38.3. The molecule has 38 nitrogen and oxygen atoms in total. The highest BCUT2D eigenvalue weighted by Gasteiger charge is 2.42. The molecular formula is C71H108N14O24S. The fourth-order valence-electron chi connectivity index (χ4n) is 12.3. The van der Waals surface area contributed by atoms with Gasteiger partial charge in [-0.25, -0.2) is 13.4 Å². The molecule has 7 atom stereocenters. The van der Waals surface area contributed by atoms with Gasteiger partial charge in [-0.05, 0) is 86.9 Å². The molecule has 2 saturated heterocycles. The number of carboxylic acids is 4. The van der Waals surface area contributed by atoms with Crippen molar-refractivity contribution in [2.45, 2.75) is 121 Å². The second kappa shape index (κ2) is 46.7. The van der Waals surface area contributed by atoms with Crippen LogP contribution in [0.5, 0.6) is 5.75 Å². The van der Waals surface area contributed by atoms with Gasteiger partial charge in [0.25, 0.3) is 5.91 Å². The monoisotopic (exact) mass is 1570 g/mol. The third-order valence-corrected chi connectivity index (χ3v) is 20.0. The van der Waals surface area contributed by atoms with Gasteiger partial charge in [0.1, 0.15) is 29.5 Å². The minimum absolute atomic E-state index is 0.0126. The molecule has 5 amide bonds. The van der Waals surface area contributed by atoms with E-state index >= 15 is 0 Å². The molecule has 2 aromatic heterocycles. The largest absolute Gasteiger partial charge is 0.494 e. The average molecular weight is 1570 g/mol. The predicted molar refractivity (Wildman–Crippen MR) is 396 cm³/mol. The van der Waals surface area contributed by atoms with Crippen molar-refractivity contribution in [3.63, 3.8) is 0 Å². The number of hydrogen-bond acceptors (Lipinski definition) is 26. The molecule has 2 fully saturated rings. The number of nitrogens with one attached hydrogen (secondary N) is 8. The summed E-state index contributed by atoms with van der Waals surface area (Å²) in [6.07, 6.45) is 2.54. The summed E-state index contributed by atoms with van der Waals surface area (Å²) in [7, 11) is -2.84. The molecule has 2 aliphatic rings. The quantitative estimate of drug-likeness (QED) is 0.0218. The molecule has 14 N–H and O–H groups in total. The standard InChI is InChI=1S/C71H108N14O24S/c1-6-56-63(95)48(4)64(96)70(109-56)108-31-19-73-58(87)14-13-53(79-59(88)42-82-20-22-83(43-60(89)90)24-26-85(45-62(93)94)27-25-84(23-21-82)44-61(91)92)68(99)74-16-9-29-105-33-35-106-34-32-104-28-8-15-72-57(86)10-7-30-107-50-36-46(2)66(47(3)37-50)110(102,103)80-54(69(100)101)40-77-67(98)52-41-81(5)55-38-49(11-12-51(55)65(52)97)39-78-71-75-17-18-76-71/h11-12,17-18,36-38,41,48,53-54,56,63-64,70,80,95-96H,6-10,13-16,19-35,39-40,42-45H2,1-5H3,(H,72,86)(H,73,87)(H,74,99)(H,77,98)(H,79,88)(H,89,90)(H,91,92)(H,93,94)(H,100,101)(H2,75,76,78). The van der Waals surface area contributed by atoms with Gasteiger partial charge in [-0.1, -0.05) is 19.9 Å². The van der Waals surface area contributed by atoms with Crippen LogP contribution in [-0.2, 0) is 85.7 Å². The predicted octanol–water partition coefficient (Wildman–Crippen LogP) is -1.76. The molecule has 0 saturated carbocycles. The number of pyridine rings is 1. The van der Waals surface area contributed by atoms with Crippen molar-refractivity contribution < 1.29 is 111 Å². The first-order valence-corrected chi connectivity index (χ1v) is 38.1. The Morgan fingerprint density at radius 2 is 1.22 bits per heavy atom. The summed E-state index contributed by atoms with van der Waals surface area (Å²) >= 11 is 0. The molecule has 6 rings (SSSR count). The Morgan fingerprint density at radius 1 is 0.664 bits per heavy atom. The van der Waals surface area contributed by atoms with E-state index in [2.05, 4.69) is 46.6 Å². The van der Waals surface area contributed by atoms with Crippen molar-refractivity contribution in [2.75, 3.05) is 163 Å². The summed E-state index contributed by atoms with van der Waals surface area (Å²) in [4.78, 5) is 141. The first kappa shape index (κ1) is 90.0. The SMILES string of the molecule is CCC1OC(OCCNC(=O)CCC(NC(=O)CN2CCN(CC(=O)O)CCN(CC(=O)O)CCN(CC(=O)O)CC2)C(=O)NCCCOCCOCCOCCCNC(=O)CCCOc2cc(C)c(S(=O)(=O)NC(CNC(=O)c3cn(C)c4cc(CNc5ncc[nH]5)ccc4c3=O)C(=O)O)c(C)c2)C(O)C(C)C1O. The Balaban J connectivity index is 0.852. The molecule has 39 heteroatoms. The highest BCUT2D eigenvalue weighted by molar-refractivity contribution is 7.89. The lowest BCUT2D eigenvalue weighted by molar-refractivity contribution is -0.282. The van der Waals surface area contributed by atoms with E-state index in [0.29, 0.717) is 62.6 Å². The molecular weight excluding hydrogens is 1460 g/mol. The smallest absolute Gasteiger partial charge is 0.323 e. The number of carbonyl (C=O) groups is 9. The van der Waals surface area contributed by atoms with Gasteiger partial charge in [-0.2, -0.15) is 4.72 Å². The van der Waals surface area contributed by atoms with E-state index in [1.54, 1.807) is 68.7 Å². The van der Waals surface area contributed by atoms with Crippen LogP contribution in [0.2, 0.25) is 0 Å². The van der Waals surface area contributed by atoms with E-state index in [0.717, 1.165) is 5.56 Å². The van der Waals surface area contributed by atoms with Crippen molar-refractivity contribution in [2.24, 2.45) is 13.0 Å². The number of aromatic nitrogens is 3. The van der Waals surface area contributed by atoms with E-state index in [1.165, 1.54) is 32.2 Å². The Morgan fingerprint density at radius 3 is 1.77 bits per heavy atom. The van der Waals surface area contributed by atoms with Crippen LogP contribution in [-0.4, -0.2) is 321 Å². The Bertz CT molecular complexity index is 3780. The van der Waals surface area contributed by atoms with Gasteiger partial charge < -0.3 is 101 Å². The lowest BCUT2D eigenvalue weighted by Crippen LogP contribution is -2.54. The molecule has 4 aromatic rings. The summed E-state index contributed by atoms with van der Waals surface area (Å²) < 4.78 is 65.3. The summed E-state index contributed by atoms with van der Waals surface area (Å²) in [5.41, 5.74) is 0.995. The number of amides is 5. The maximum absolute atomic E-state index is 13.9. The van der Waals surface area contributed by atoms with E-state index in [4.69, 9.17) is 28.4 Å². The number of carboxylic acid groups (broad SMARTS) is 4. The summed E-state index contributed by atoms with van der Waals surface area (Å²) in [6.45, 7) is 8.37. The summed E-state index contributed by atoms with van der Waals surface area (Å²) in [6, 6.07) is 5.03. The fourth-order valence-corrected chi connectivity index (χ4v) is 13.9. The van der Waals surface area contributed by atoms with Gasteiger partial charge in [0.05, 0.1) is 88.4 Å². The molecule has 0 aliphatic carbocycles. The number of aliphatic hydroxyl groups excluding tert-OH is 2. The van der Waals surface area contributed by atoms with E-state index < -0.39 is 112 Å². The number of sulfonamides is 1. The Labute approximate surface area is 637 Å². The lowest BCUT2D eigenvalue weighted by atomic mass is 9.90. The number of nitrogens with zero attached hydrogens (tertiary/aromatic N) is 6. The van der Waals surface area contributed by atoms with Crippen molar-refractivity contribution in [1.82, 2.24) is 65.4 Å². The van der Waals surface area contributed by atoms with Crippen molar-refractivity contribution in [3.8, 4) is 5.75 Å².